The number of amides is 1. The third-order valence-corrected chi connectivity index (χ3v) is 3.76. The monoisotopic (exact) mass is 366 g/mol. The number of carbonyl (C=O) groups excluding carboxylic acids is 1. The van der Waals surface area contributed by atoms with Crippen LogP contribution in [0.3, 0.4) is 0 Å². The summed E-state index contributed by atoms with van der Waals surface area (Å²) in [5.41, 5.74) is -2.84. The summed E-state index contributed by atoms with van der Waals surface area (Å²) >= 11 is 5.46. The van der Waals surface area contributed by atoms with Gasteiger partial charge in [-0.05, 0) is 17.7 Å². The number of hydrogen-bond donors (Lipinski definition) is 2. The maximum absolute atomic E-state index is 13.7. The minimum absolute atomic E-state index is 0.112. The van der Waals surface area contributed by atoms with Crippen LogP contribution in [0, 0.1) is 15.9 Å². The second kappa shape index (κ2) is 7.27. The second-order valence-corrected chi connectivity index (χ2v) is 5.32. The first kappa shape index (κ1) is 18.3. The zero-order valence-corrected chi connectivity index (χ0v) is 13.4. The summed E-state index contributed by atoms with van der Waals surface area (Å²) in [4.78, 5) is 34.3. The molecule has 0 heterocycles. The molecule has 2 rings (SSSR count). The van der Waals surface area contributed by atoms with Gasteiger partial charge in [-0.25, -0.2) is 9.18 Å². The van der Waals surface area contributed by atoms with Crippen LogP contribution in [0.25, 0.3) is 0 Å². The lowest BCUT2D eigenvalue weighted by molar-refractivity contribution is -0.384. The molecule has 0 saturated carbocycles. The van der Waals surface area contributed by atoms with Gasteiger partial charge in [0, 0.05) is 17.7 Å². The average Bonchev–Trinajstić information content (AvgIpc) is 2.59. The molecule has 0 aliphatic rings. The molecule has 0 aliphatic carbocycles. The molecule has 0 fully saturated rings. The summed E-state index contributed by atoms with van der Waals surface area (Å²) in [6, 6.07) is 9.35. The number of non-ortho nitro benzene ring substituents is 1. The van der Waals surface area contributed by atoms with Crippen molar-refractivity contribution in [1.82, 2.24) is 5.32 Å². The predicted octanol–water partition coefficient (Wildman–Crippen LogP) is 2.42. The van der Waals surface area contributed by atoms with E-state index < -0.39 is 34.0 Å². The van der Waals surface area contributed by atoms with Crippen molar-refractivity contribution in [3.05, 3.63) is 75.6 Å². The summed E-state index contributed by atoms with van der Waals surface area (Å²) < 4.78 is 13.7. The first-order valence-electron chi connectivity index (χ1n) is 6.92. The zero-order valence-electron chi connectivity index (χ0n) is 12.6. The van der Waals surface area contributed by atoms with Crippen LogP contribution in [0.15, 0.2) is 48.5 Å². The molecule has 0 aliphatic heterocycles. The molecule has 2 aromatic rings. The number of alkyl halides is 1. The van der Waals surface area contributed by atoms with Crippen LogP contribution >= 0.6 is 11.6 Å². The van der Waals surface area contributed by atoms with Crippen molar-refractivity contribution in [1.29, 1.82) is 0 Å². The van der Waals surface area contributed by atoms with E-state index in [1.54, 1.807) is 0 Å². The molecule has 25 heavy (non-hydrogen) atoms. The number of nitro groups is 1. The number of nitro benzene ring substituents is 1. The molecule has 1 amide bonds. The minimum Gasteiger partial charge on any atom is -0.479 e. The SMILES string of the molecule is O=C(CCl)NC(C(=O)O)(c1cccc(F)c1)c1cccc([N+](=O)[O-])c1. The summed E-state index contributed by atoms with van der Waals surface area (Å²) in [5, 5.41) is 23.1. The predicted molar refractivity (Wildman–Crippen MR) is 86.8 cm³/mol. The molecule has 0 aromatic heterocycles. The molecule has 1 unspecified atom stereocenters. The van der Waals surface area contributed by atoms with E-state index in [2.05, 4.69) is 5.32 Å². The Kier molecular flexibility index (Phi) is 5.33. The van der Waals surface area contributed by atoms with Crippen molar-refractivity contribution in [2.75, 3.05) is 5.88 Å². The maximum Gasteiger partial charge on any atom is 0.338 e. The fourth-order valence-corrected chi connectivity index (χ4v) is 2.50. The second-order valence-electron chi connectivity index (χ2n) is 5.05. The molecule has 2 aromatic carbocycles. The van der Waals surface area contributed by atoms with E-state index >= 15 is 0 Å². The van der Waals surface area contributed by atoms with Crippen LogP contribution in [-0.2, 0) is 15.1 Å². The topological polar surface area (TPSA) is 110 Å². The third kappa shape index (κ3) is 3.58. The van der Waals surface area contributed by atoms with E-state index in [1.165, 1.54) is 30.3 Å². The Balaban J connectivity index is 2.78. The fraction of sp³-hybridized carbons (Fsp3) is 0.125. The van der Waals surface area contributed by atoms with Gasteiger partial charge in [-0.1, -0.05) is 24.3 Å². The number of carboxylic acids is 1. The highest BCUT2D eigenvalue weighted by Gasteiger charge is 2.44. The van der Waals surface area contributed by atoms with Crippen LogP contribution in [0.4, 0.5) is 10.1 Å². The number of nitrogens with one attached hydrogen (secondary N) is 1. The van der Waals surface area contributed by atoms with Crippen molar-refractivity contribution < 1.29 is 24.0 Å². The Hall–Kier alpha value is -3.00. The third-order valence-electron chi connectivity index (χ3n) is 3.52. The molecular formula is C16H12ClFN2O5. The van der Waals surface area contributed by atoms with Gasteiger partial charge in [-0.2, -0.15) is 0 Å². The highest BCUT2D eigenvalue weighted by atomic mass is 35.5. The lowest BCUT2D eigenvalue weighted by atomic mass is 9.82. The minimum atomic E-state index is -2.24. The first-order chi connectivity index (χ1) is 11.8. The van der Waals surface area contributed by atoms with Crippen LogP contribution in [0.5, 0.6) is 0 Å². The number of nitrogens with zero attached hydrogens (tertiary/aromatic N) is 1. The Bertz CT molecular complexity index is 845. The van der Waals surface area contributed by atoms with Crippen LogP contribution in [0.2, 0.25) is 0 Å². The molecule has 0 spiro atoms. The van der Waals surface area contributed by atoms with Crippen molar-refractivity contribution in [2.24, 2.45) is 0 Å². The van der Waals surface area contributed by atoms with E-state index in [0.717, 1.165) is 18.2 Å². The van der Waals surface area contributed by atoms with Crippen molar-refractivity contribution in [2.45, 2.75) is 5.54 Å². The lowest BCUT2D eigenvalue weighted by Crippen LogP contribution is -2.53. The van der Waals surface area contributed by atoms with Gasteiger partial charge in [0.1, 0.15) is 11.7 Å². The van der Waals surface area contributed by atoms with Crippen LogP contribution in [0.1, 0.15) is 11.1 Å². The standard InChI is InChI=1S/C16H12ClFN2O5/c17-9-14(21)19-16(15(22)23,10-3-1-5-12(18)7-10)11-4-2-6-13(8-11)20(24)25/h1-8H,9H2,(H,19,21)(H,22,23). The first-order valence-corrected chi connectivity index (χ1v) is 7.46. The largest absolute Gasteiger partial charge is 0.479 e. The molecule has 2 N–H and O–H groups in total. The number of benzene rings is 2. The van der Waals surface area contributed by atoms with Gasteiger partial charge in [-0.15, -0.1) is 11.6 Å². The number of hydrogen-bond acceptors (Lipinski definition) is 4. The van der Waals surface area contributed by atoms with Crippen molar-refractivity contribution in [3.8, 4) is 0 Å². The van der Waals surface area contributed by atoms with E-state index in [0.29, 0.717) is 0 Å². The number of rotatable bonds is 6. The summed E-state index contributed by atoms with van der Waals surface area (Å²) in [6.45, 7) is 0. The molecule has 0 bridgehead atoms. The number of carbonyl (C=O) groups is 2. The van der Waals surface area contributed by atoms with E-state index in [1.807, 2.05) is 0 Å². The Morgan fingerprint density at radius 3 is 2.32 bits per heavy atom. The van der Waals surface area contributed by atoms with Gasteiger partial charge >= 0.3 is 5.97 Å². The van der Waals surface area contributed by atoms with Gasteiger partial charge in [0.05, 0.1) is 4.92 Å². The number of carboxylic acid groups (broad SMARTS) is 1. The van der Waals surface area contributed by atoms with E-state index in [4.69, 9.17) is 11.6 Å². The summed E-state index contributed by atoms with van der Waals surface area (Å²) in [6.07, 6.45) is 0. The number of aliphatic carboxylic acids is 1. The highest BCUT2D eigenvalue weighted by molar-refractivity contribution is 6.27. The molecule has 130 valence electrons. The maximum atomic E-state index is 13.7. The van der Waals surface area contributed by atoms with E-state index in [-0.39, 0.29) is 16.8 Å². The van der Waals surface area contributed by atoms with Gasteiger partial charge in [0.2, 0.25) is 5.91 Å². The summed E-state index contributed by atoms with van der Waals surface area (Å²) in [5.74, 6) is -3.65. The van der Waals surface area contributed by atoms with Crippen LogP contribution < -0.4 is 5.32 Å². The van der Waals surface area contributed by atoms with Gasteiger partial charge in [0.25, 0.3) is 5.69 Å². The van der Waals surface area contributed by atoms with Crippen molar-refractivity contribution >= 4 is 29.2 Å². The molecule has 7 nitrogen and oxygen atoms in total. The molecule has 9 heteroatoms. The normalized spacial score (nSPS) is 12.9. The van der Waals surface area contributed by atoms with Crippen LogP contribution in [-0.4, -0.2) is 27.8 Å². The van der Waals surface area contributed by atoms with E-state index in [9.17, 15) is 29.2 Å². The Morgan fingerprint density at radius 1 is 1.20 bits per heavy atom. The Labute approximate surface area is 146 Å². The summed E-state index contributed by atoms with van der Waals surface area (Å²) in [7, 11) is 0. The zero-order chi connectivity index (χ0) is 18.6. The molecule has 1 atom stereocenters. The van der Waals surface area contributed by atoms with Gasteiger partial charge in [0.15, 0.2) is 5.54 Å². The smallest absolute Gasteiger partial charge is 0.338 e. The van der Waals surface area contributed by atoms with Crippen molar-refractivity contribution in [3.63, 3.8) is 0 Å². The Morgan fingerprint density at radius 2 is 1.80 bits per heavy atom. The average molecular weight is 367 g/mol. The molecular weight excluding hydrogens is 355 g/mol. The quantitative estimate of drug-likeness (QED) is 0.463. The van der Waals surface area contributed by atoms with Gasteiger partial charge in [-0.3, -0.25) is 14.9 Å². The lowest BCUT2D eigenvalue weighted by Gasteiger charge is -2.31. The molecule has 0 radical (unpaired) electrons. The molecule has 0 saturated heterocycles. The van der Waals surface area contributed by atoms with Gasteiger partial charge < -0.3 is 10.4 Å². The number of halogens is 2. The highest BCUT2D eigenvalue weighted by Crippen LogP contribution is 2.32. The fourth-order valence-electron chi connectivity index (χ4n) is 2.43.